The summed E-state index contributed by atoms with van der Waals surface area (Å²) in [6.45, 7) is 0. The Morgan fingerprint density at radius 2 is 2.15 bits per heavy atom. The molecule has 0 saturated heterocycles. The largest absolute Gasteiger partial charge is 0.372 e. The number of rotatable bonds is 1. The van der Waals surface area contributed by atoms with Crippen LogP contribution in [0.15, 0.2) is 24.7 Å². The van der Waals surface area contributed by atoms with E-state index in [4.69, 9.17) is 0 Å². The van der Waals surface area contributed by atoms with Crippen LogP contribution < -0.4 is 5.32 Å². The summed E-state index contributed by atoms with van der Waals surface area (Å²) >= 11 is 0. The summed E-state index contributed by atoms with van der Waals surface area (Å²) in [5.41, 5.74) is 0. The van der Waals surface area contributed by atoms with Gasteiger partial charge in [-0.2, -0.15) is 4.98 Å². The Kier molecular flexibility index (Phi) is 4.51. The van der Waals surface area contributed by atoms with E-state index in [9.17, 15) is 0 Å². The van der Waals surface area contributed by atoms with E-state index < -0.39 is 0 Å². The number of imidazole rings is 1. The van der Waals surface area contributed by atoms with Crippen LogP contribution in [-0.2, 0) is 0 Å². The molecule has 2 rings (SSSR count). The normalized spacial score (nSPS) is 8.69. The molecule has 2 heterocycles. The number of fused-ring (bicyclic) bond motifs is 1. The van der Waals surface area contributed by atoms with Crippen molar-refractivity contribution in [2.45, 2.75) is 0 Å². The summed E-state index contributed by atoms with van der Waals surface area (Å²) in [5.74, 6) is 1.56. The number of anilines is 1. The summed E-state index contributed by atoms with van der Waals surface area (Å²) in [6, 6.07) is 1.87. The lowest BCUT2D eigenvalue weighted by Gasteiger charge is -1.85. The minimum Gasteiger partial charge on any atom is -0.372 e. The lowest BCUT2D eigenvalue weighted by Crippen LogP contribution is -1.85. The lowest BCUT2D eigenvalue weighted by molar-refractivity contribution is 1.11. The summed E-state index contributed by atoms with van der Waals surface area (Å²) in [7, 11) is 1.84. The SMILES string of the molecule is CNc1cn2cccnc2n1.Cl.Cl. The maximum atomic E-state index is 4.17. The van der Waals surface area contributed by atoms with Gasteiger partial charge in [-0.15, -0.1) is 24.8 Å². The van der Waals surface area contributed by atoms with Gasteiger partial charge in [-0.1, -0.05) is 0 Å². The molecule has 72 valence electrons. The van der Waals surface area contributed by atoms with Crippen molar-refractivity contribution in [1.29, 1.82) is 0 Å². The Morgan fingerprint density at radius 3 is 2.77 bits per heavy atom. The molecule has 0 saturated carbocycles. The predicted molar refractivity (Wildman–Crippen MR) is 57.0 cm³/mol. The van der Waals surface area contributed by atoms with Gasteiger partial charge < -0.3 is 5.32 Å². The fourth-order valence-electron chi connectivity index (χ4n) is 0.950. The molecule has 6 heteroatoms. The number of hydrogen-bond donors (Lipinski definition) is 1. The van der Waals surface area contributed by atoms with Crippen molar-refractivity contribution in [1.82, 2.24) is 14.4 Å². The Bertz CT molecular complexity index is 340. The van der Waals surface area contributed by atoms with Crippen LogP contribution in [0, 0.1) is 0 Å². The molecule has 13 heavy (non-hydrogen) atoms. The summed E-state index contributed by atoms with van der Waals surface area (Å²) in [5, 5.41) is 2.94. The maximum Gasteiger partial charge on any atom is 0.235 e. The Hall–Kier alpha value is -1.000. The molecule has 0 spiro atoms. The van der Waals surface area contributed by atoms with Crippen LogP contribution in [0.5, 0.6) is 0 Å². The third-order valence-corrected chi connectivity index (χ3v) is 1.49. The molecule has 1 N–H and O–H groups in total. The molecule has 0 atom stereocenters. The van der Waals surface area contributed by atoms with E-state index >= 15 is 0 Å². The molecule has 0 aliphatic heterocycles. The van der Waals surface area contributed by atoms with E-state index in [2.05, 4.69) is 15.3 Å². The zero-order chi connectivity index (χ0) is 7.68. The molecule has 0 aromatic carbocycles. The second kappa shape index (κ2) is 4.89. The van der Waals surface area contributed by atoms with E-state index in [0.717, 1.165) is 11.6 Å². The van der Waals surface area contributed by atoms with Gasteiger partial charge >= 0.3 is 0 Å². The minimum atomic E-state index is 0. The standard InChI is InChI=1S/C7H8N4.2ClH/c1-8-6-5-11-4-2-3-9-7(11)10-6;;/h2-5,8H,1H3;2*1H. The van der Waals surface area contributed by atoms with Crippen LogP contribution in [0.2, 0.25) is 0 Å². The monoisotopic (exact) mass is 220 g/mol. The van der Waals surface area contributed by atoms with Crippen LogP contribution in [0.4, 0.5) is 5.82 Å². The van der Waals surface area contributed by atoms with Crippen LogP contribution in [0.3, 0.4) is 0 Å². The molecule has 2 aromatic heterocycles. The molecule has 0 amide bonds. The zero-order valence-electron chi connectivity index (χ0n) is 6.97. The predicted octanol–water partition coefficient (Wildman–Crippen LogP) is 1.61. The van der Waals surface area contributed by atoms with E-state index in [1.807, 2.05) is 29.9 Å². The summed E-state index contributed by atoms with van der Waals surface area (Å²) in [4.78, 5) is 8.23. The van der Waals surface area contributed by atoms with Gasteiger partial charge in [0.15, 0.2) is 0 Å². The molecule has 2 aromatic rings. The van der Waals surface area contributed by atoms with Gasteiger partial charge in [0.05, 0.1) is 6.20 Å². The Morgan fingerprint density at radius 1 is 1.38 bits per heavy atom. The first-order valence-electron chi connectivity index (χ1n) is 3.37. The Balaban J connectivity index is 0.000000720. The van der Waals surface area contributed by atoms with Crippen molar-refractivity contribution < 1.29 is 0 Å². The topological polar surface area (TPSA) is 42.2 Å². The molecule has 0 aliphatic rings. The number of nitrogens with one attached hydrogen (secondary N) is 1. The first kappa shape index (κ1) is 12.0. The van der Waals surface area contributed by atoms with Gasteiger partial charge in [-0.05, 0) is 6.07 Å². The minimum absolute atomic E-state index is 0. The average molecular weight is 221 g/mol. The van der Waals surface area contributed by atoms with Crippen molar-refractivity contribution in [3.63, 3.8) is 0 Å². The van der Waals surface area contributed by atoms with E-state index in [1.54, 1.807) is 6.20 Å². The van der Waals surface area contributed by atoms with Gasteiger partial charge in [-0.25, -0.2) is 4.98 Å². The maximum absolute atomic E-state index is 4.17. The van der Waals surface area contributed by atoms with Gasteiger partial charge in [0.25, 0.3) is 0 Å². The summed E-state index contributed by atoms with van der Waals surface area (Å²) < 4.78 is 1.87. The van der Waals surface area contributed by atoms with Crippen molar-refractivity contribution in [2.75, 3.05) is 12.4 Å². The fraction of sp³-hybridized carbons (Fsp3) is 0.143. The zero-order valence-corrected chi connectivity index (χ0v) is 8.60. The molecular weight excluding hydrogens is 211 g/mol. The second-order valence-electron chi connectivity index (χ2n) is 2.20. The first-order valence-corrected chi connectivity index (χ1v) is 3.37. The smallest absolute Gasteiger partial charge is 0.235 e. The molecule has 4 nitrogen and oxygen atoms in total. The molecular formula is C7H10Cl2N4. The number of halogens is 2. The highest BCUT2D eigenvalue weighted by molar-refractivity contribution is 5.85. The van der Waals surface area contributed by atoms with Crippen LogP contribution in [0.25, 0.3) is 5.78 Å². The van der Waals surface area contributed by atoms with Gasteiger partial charge in [-0.3, -0.25) is 4.40 Å². The highest BCUT2D eigenvalue weighted by atomic mass is 35.5. The average Bonchev–Trinajstić information content (AvgIpc) is 2.46. The molecule has 0 radical (unpaired) electrons. The quantitative estimate of drug-likeness (QED) is 0.795. The highest BCUT2D eigenvalue weighted by Crippen LogP contribution is 2.04. The van der Waals surface area contributed by atoms with Gasteiger partial charge in [0.2, 0.25) is 5.78 Å². The lowest BCUT2D eigenvalue weighted by atomic mass is 10.7. The van der Waals surface area contributed by atoms with Crippen molar-refractivity contribution >= 4 is 36.4 Å². The second-order valence-corrected chi connectivity index (χ2v) is 2.20. The van der Waals surface area contributed by atoms with E-state index in [-0.39, 0.29) is 24.8 Å². The number of aromatic nitrogens is 3. The third-order valence-electron chi connectivity index (χ3n) is 1.49. The molecule has 0 aliphatic carbocycles. The van der Waals surface area contributed by atoms with Crippen LogP contribution >= 0.6 is 24.8 Å². The molecule has 0 bridgehead atoms. The first-order chi connectivity index (χ1) is 5.40. The molecule has 0 fully saturated rings. The van der Waals surface area contributed by atoms with Crippen molar-refractivity contribution in [3.8, 4) is 0 Å². The van der Waals surface area contributed by atoms with E-state index in [1.165, 1.54) is 0 Å². The van der Waals surface area contributed by atoms with E-state index in [0.29, 0.717) is 0 Å². The number of hydrogen-bond acceptors (Lipinski definition) is 3. The highest BCUT2D eigenvalue weighted by Gasteiger charge is 1.96. The number of nitrogens with zero attached hydrogens (tertiary/aromatic N) is 3. The van der Waals surface area contributed by atoms with Gasteiger partial charge in [0, 0.05) is 19.4 Å². The van der Waals surface area contributed by atoms with Crippen LogP contribution in [-0.4, -0.2) is 21.4 Å². The van der Waals surface area contributed by atoms with Crippen molar-refractivity contribution in [3.05, 3.63) is 24.7 Å². The van der Waals surface area contributed by atoms with Crippen LogP contribution in [0.1, 0.15) is 0 Å². The Labute approximate surface area is 88.2 Å². The third kappa shape index (κ3) is 2.23. The fourth-order valence-corrected chi connectivity index (χ4v) is 0.950. The summed E-state index contributed by atoms with van der Waals surface area (Å²) in [6.07, 6.45) is 5.53. The molecule has 0 unspecified atom stereocenters. The van der Waals surface area contributed by atoms with Gasteiger partial charge in [0.1, 0.15) is 5.82 Å². The van der Waals surface area contributed by atoms with Crippen molar-refractivity contribution in [2.24, 2.45) is 0 Å².